The van der Waals surface area contributed by atoms with Crippen LogP contribution in [0, 0.1) is 27.4 Å². The number of piperidine rings is 1. The van der Waals surface area contributed by atoms with Gasteiger partial charge < -0.3 is 15.0 Å². The molecule has 1 aliphatic rings. The van der Waals surface area contributed by atoms with Crippen molar-refractivity contribution in [2.75, 3.05) is 29.9 Å². The standard InChI is InChI=1S/C19H22N6O4/c1-3-29-19(26)14-8-10-24(11-9-14)18-16(25(27)28)17(22-23(18)2)21-15-6-4-13(12-20)5-7-15/h4-7,14H,3,8-11H2,1-2H3,(H,21,22). The molecule has 152 valence electrons. The first-order valence-electron chi connectivity index (χ1n) is 9.34. The Morgan fingerprint density at radius 1 is 1.38 bits per heavy atom. The minimum Gasteiger partial charge on any atom is -0.466 e. The van der Waals surface area contributed by atoms with Crippen LogP contribution in [0.5, 0.6) is 0 Å². The van der Waals surface area contributed by atoms with Crippen LogP contribution in [0.3, 0.4) is 0 Å². The number of hydrogen-bond donors (Lipinski definition) is 1. The zero-order valence-corrected chi connectivity index (χ0v) is 16.3. The van der Waals surface area contributed by atoms with E-state index < -0.39 is 4.92 Å². The van der Waals surface area contributed by atoms with Gasteiger partial charge in [-0.05, 0) is 44.0 Å². The van der Waals surface area contributed by atoms with Crippen molar-refractivity contribution < 1.29 is 14.5 Å². The van der Waals surface area contributed by atoms with Gasteiger partial charge >= 0.3 is 11.7 Å². The van der Waals surface area contributed by atoms with E-state index in [4.69, 9.17) is 10.00 Å². The summed E-state index contributed by atoms with van der Waals surface area (Å²) in [6.07, 6.45) is 1.14. The van der Waals surface area contributed by atoms with Crippen molar-refractivity contribution in [2.45, 2.75) is 19.8 Å². The van der Waals surface area contributed by atoms with Gasteiger partial charge in [0.15, 0.2) is 0 Å². The molecule has 0 spiro atoms. The van der Waals surface area contributed by atoms with Crippen molar-refractivity contribution in [3.8, 4) is 6.07 Å². The molecule has 10 nitrogen and oxygen atoms in total. The van der Waals surface area contributed by atoms with Gasteiger partial charge in [-0.1, -0.05) is 0 Å². The zero-order chi connectivity index (χ0) is 21.0. The predicted molar refractivity (Wildman–Crippen MR) is 106 cm³/mol. The summed E-state index contributed by atoms with van der Waals surface area (Å²) in [4.78, 5) is 25.2. The molecule has 0 radical (unpaired) electrons. The molecule has 0 atom stereocenters. The van der Waals surface area contributed by atoms with Gasteiger partial charge in [-0.15, -0.1) is 5.10 Å². The molecule has 2 heterocycles. The Hall–Kier alpha value is -3.61. The molecule has 1 aliphatic heterocycles. The van der Waals surface area contributed by atoms with E-state index in [9.17, 15) is 14.9 Å². The second-order valence-corrected chi connectivity index (χ2v) is 6.73. The largest absolute Gasteiger partial charge is 0.466 e. The van der Waals surface area contributed by atoms with Crippen LogP contribution in [-0.2, 0) is 16.6 Å². The number of nitro groups is 1. The van der Waals surface area contributed by atoms with E-state index in [1.807, 2.05) is 11.0 Å². The van der Waals surface area contributed by atoms with Crippen molar-refractivity contribution in [3.05, 3.63) is 39.9 Å². The topological polar surface area (TPSA) is 126 Å². The Balaban J connectivity index is 1.82. The number of nitrogens with zero attached hydrogens (tertiary/aromatic N) is 5. The number of carbonyl (C=O) groups is 1. The number of nitrogens with one attached hydrogen (secondary N) is 1. The summed E-state index contributed by atoms with van der Waals surface area (Å²) in [6, 6.07) is 8.61. The SMILES string of the molecule is CCOC(=O)C1CCN(c2c([N+](=O)[O-])c(Nc3ccc(C#N)cc3)nn2C)CC1. The first kappa shape index (κ1) is 20.1. The lowest BCUT2D eigenvalue weighted by Crippen LogP contribution is -2.38. The molecule has 1 aromatic carbocycles. The summed E-state index contributed by atoms with van der Waals surface area (Å²) < 4.78 is 6.56. The number of esters is 1. The Labute approximate surface area is 167 Å². The number of aromatic nitrogens is 2. The first-order valence-corrected chi connectivity index (χ1v) is 9.34. The number of aryl methyl sites for hydroxylation is 1. The molecule has 0 unspecified atom stereocenters. The number of benzene rings is 1. The fourth-order valence-electron chi connectivity index (χ4n) is 3.46. The van der Waals surface area contributed by atoms with Crippen molar-refractivity contribution in [1.29, 1.82) is 5.26 Å². The monoisotopic (exact) mass is 398 g/mol. The maximum atomic E-state index is 11.9. The minimum absolute atomic E-state index is 0.119. The number of anilines is 3. The summed E-state index contributed by atoms with van der Waals surface area (Å²) in [5.74, 6) is 0.128. The highest BCUT2D eigenvalue weighted by Crippen LogP contribution is 2.38. The normalized spacial score (nSPS) is 14.3. The van der Waals surface area contributed by atoms with Gasteiger partial charge in [0, 0.05) is 25.8 Å². The average molecular weight is 398 g/mol. The van der Waals surface area contributed by atoms with Crippen LogP contribution in [0.25, 0.3) is 0 Å². The minimum atomic E-state index is -0.453. The van der Waals surface area contributed by atoms with Gasteiger partial charge in [-0.2, -0.15) is 5.26 Å². The van der Waals surface area contributed by atoms with E-state index in [0.717, 1.165) is 0 Å². The summed E-state index contributed by atoms with van der Waals surface area (Å²) >= 11 is 0. The molecular weight excluding hydrogens is 376 g/mol. The molecule has 1 fully saturated rings. The van der Waals surface area contributed by atoms with Gasteiger partial charge in [-0.25, -0.2) is 4.68 Å². The summed E-state index contributed by atoms with van der Waals surface area (Å²) in [5, 5.41) is 28.0. The predicted octanol–water partition coefficient (Wildman–Crippen LogP) is 2.72. The molecule has 1 N–H and O–H groups in total. The number of carbonyl (C=O) groups excluding carboxylic acids is 1. The number of nitriles is 1. The van der Waals surface area contributed by atoms with Gasteiger partial charge in [0.05, 0.1) is 29.1 Å². The van der Waals surface area contributed by atoms with E-state index in [1.54, 1.807) is 38.2 Å². The molecule has 0 amide bonds. The Morgan fingerprint density at radius 3 is 2.59 bits per heavy atom. The van der Waals surface area contributed by atoms with E-state index in [0.29, 0.717) is 49.6 Å². The molecule has 1 saturated heterocycles. The third kappa shape index (κ3) is 4.29. The maximum absolute atomic E-state index is 11.9. The van der Waals surface area contributed by atoms with Gasteiger partial charge in [0.25, 0.3) is 0 Å². The van der Waals surface area contributed by atoms with E-state index >= 15 is 0 Å². The zero-order valence-electron chi connectivity index (χ0n) is 16.3. The van der Waals surface area contributed by atoms with Gasteiger partial charge in [0.2, 0.25) is 11.6 Å². The Kier molecular flexibility index (Phi) is 5.97. The van der Waals surface area contributed by atoms with Gasteiger partial charge in [0.1, 0.15) is 0 Å². The van der Waals surface area contributed by atoms with E-state index in [1.165, 1.54) is 4.68 Å². The average Bonchev–Trinajstić information content (AvgIpc) is 3.04. The van der Waals surface area contributed by atoms with Crippen molar-refractivity contribution in [1.82, 2.24) is 9.78 Å². The van der Waals surface area contributed by atoms with Crippen molar-refractivity contribution in [2.24, 2.45) is 13.0 Å². The van der Waals surface area contributed by atoms with Crippen LogP contribution in [0.2, 0.25) is 0 Å². The number of rotatable bonds is 6. The molecular formula is C19H22N6O4. The Morgan fingerprint density at radius 2 is 2.03 bits per heavy atom. The van der Waals surface area contributed by atoms with Gasteiger partial charge in [-0.3, -0.25) is 14.9 Å². The third-order valence-electron chi connectivity index (χ3n) is 4.87. The molecule has 29 heavy (non-hydrogen) atoms. The highest BCUT2D eigenvalue weighted by atomic mass is 16.6. The quantitative estimate of drug-likeness (QED) is 0.447. The molecule has 0 bridgehead atoms. The van der Waals surface area contributed by atoms with Crippen LogP contribution in [0.15, 0.2) is 24.3 Å². The molecule has 0 aliphatic carbocycles. The second kappa shape index (κ2) is 8.60. The smallest absolute Gasteiger partial charge is 0.355 e. The number of hydrogen-bond acceptors (Lipinski definition) is 8. The third-order valence-corrected chi connectivity index (χ3v) is 4.87. The van der Waals surface area contributed by atoms with Crippen LogP contribution < -0.4 is 10.2 Å². The van der Waals surface area contributed by atoms with Crippen LogP contribution >= 0.6 is 0 Å². The van der Waals surface area contributed by atoms with Crippen LogP contribution in [0.1, 0.15) is 25.3 Å². The first-order chi connectivity index (χ1) is 13.9. The molecule has 2 aromatic rings. The Bertz CT molecular complexity index is 939. The lowest BCUT2D eigenvalue weighted by Gasteiger charge is -2.31. The summed E-state index contributed by atoms with van der Waals surface area (Å²) in [5.41, 5.74) is 0.973. The van der Waals surface area contributed by atoms with E-state index in [-0.39, 0.29) is 23.4 Å². The lowest BCUT2D eigenvalue weighted by atomic mass is 9.97. The van der Waals surface area contributed by atoms with Crippen LogP contribution in [0.4, 0.5) is 23.0 Å². The second-order valence-electron chi connectivity index (χ2n) is 6.73. The highest BCUT2D eigenvalue weighted by Gasteiger charge is 2.34. The summed E-state index contributed by atoms with van der Waals surface area (Å²) in [6.45, 7) is 3.12. The highest BCUT2D eigenvalue weighted by molar-refractivity contribution is 5.77. The van der Waals surface area contributed by atoms with Crippen LogP contribution in [-0.4, -0.2) is 40.4 Å². The van der Waals surface area contributed by atoms with Crippen molar-refractivity contribution in [3.63, 3.8) is 0 Å². The molecule has 1 aromatic heterocycles. The van der Waals surface area contributed by atoms with Crippen molar-refractivity contribution >= 4 is 29.0 Å². The molecule has 3 rings (SSSR count). The summed E-state index contributed by atoms with van der Waals surface area (Å²) in [7, 11) is 1.66. The lowest BCUT2D eigenvalue weighted by molar-refractivity contribution is -0.383. The van der Waals surface area contributed by atoms with E-state index in [2.05, 4.69) is 10.4 Å². The fraction of sp³-hybridized carbons (Fsp3) is 0.421. The fourth-order valence-corrected chi connectivity index (χ4v) is 3.46. The molecule has 10 heteroatoms. The molecule has 0 saturated carbocycles. The maximum Gasteiger partial charge on any atom is 0.355 e. The number of ether oxygens (including phenoxy) is 1.